The number of esters is 1. The highest BCUT2D eigenvalue weighted by Gasteiger charge is 2.74. The van der Waals surface area contributed by atoms with E-state index in [0.29, 0.717) is 51.7 Å². The van der Waals surface area contributed by atoms with Crippen LogP contribution in [-0.4, -0.2) is 82.6 Å². The van der Waals surface area contributed by atoms with Crippen molar-refractivity contribution in [2.45, 2.75) is 81.7 Å². The molecule has 262 valence electrons. The number of aliphatic hydroxyl groups excluding tert-OH is 1. The molecule has 2 bridgehead atoms. The molecule has 6 atom stereocenters. The number of benzene rings is 2. The number of ether oxygens (including phenoxy) is 2. The molecular weight excluding hydrogens is 622 g/mol. The lowest BCUT2D eigenvalue weighted by Crippen LogP contribution is -2.56. The predicted molar refractivity (Wildman–Crippen MR) is 185 cm³/mol. The molecule has 49 heavy (non-hydrogen) atoms. The van der Waals surface area contributed by atoms with Crippen LogP contribution in [0.3, 0.4) is 0 Å². The lowest BCUT2D eigenvalue weighted by atomic mass is 9.70. The molecule has 3 aliphatic heterocycles. The van der Waals surface area contributed by atoms with Gasteiger partial charge in [0.2, 0.25) is 17.7 Å². The lowest BCUT2D eigenvalue weighted by molar-refractivity contribution is -0.148. The molecule has 5 rings (SSSR count). The number of allylic oxidation sites excluding steroid dienone is 1. The number of carbonyl (C=O) groups excluding carboxylic acids is 4. The van der Waals surface area contributed by atoms with E-state index >= 15 is 0 Å². The first-order valence-electron chi connectivity index (χ1n) is 17.5. The van der Waals surface area contributed by atoms with Crippen LogP contribution < -0.4 is 5.32 Å². The summed E-state index contributed by atoms with van der Waals surface area (Å²) in [5.74, 6) is -2.84. The molecule has 1 spiro atoms. The van der Waals surface area contributed by atoms with Gasteiger partial charge in [-0.05, 0) is 43.2 Å². The second kappa shape index (κ2) is 16.9. The SMILES string of the molecule is C=CCCC(=O)OC[C@H](NC(=O)[C@@H]1[C@@H]2CC[C@]3(O2)[C@H](C(=O)N(CC=C)Cc2ccccc2)N(CCCCCCO)C(=O)[C@@H]13)c1ccccc1. The van der Waals surface area contributed by atoms with Crippen molar-refractivity contribution < 1.29 is 33.8 Å². The van der Waals surface area contributed by atoms with E-state index in [1.165, 1.54) is 0 Å². The summed E-state index contributed by atoms with van der Waals surface area (Å²) >= 11 is 0. The third-order valence-corrected chi connectivity index (χ3v) is 10.0. The zero-order valence-corrected chi connectivity index (χ0v) is 28.2. The number of unbranched alkanes of at least 4 members (excludes halogenated alkanes) is 3. The average molecular weight is 672 g/mol. The average Bonchev–Trinajstić information content (AvgIpc) is 3.76. The summed E-state index contributed by atoms with van der Waals surface area (Å²) in [7, 11) is 0. The first-order valence-corrected chi connectivity index (χ1v) is 17.5. The monoisotopic (exact) mass is 671 g/mol. The van der Waals surface area contributed by atoms with Gasteiger partial charge < -0.3 is 29.7 Å². The maximum absolute atomic E-state index is 14.6. The van der Waals surface area contributed by atoms with E-state index in [0.717, 1.165) is 24.0 Å². The summed E-state index contributed by atoms with van der Waals surface area (Å²) in [6.07, 6.45) is 7.46. The summed E-state index contributed by atoms with van der Waals surface area (Å²) < 4.78 is 12.2. The van der Waals surface area contributed by atoms with Crippen LogP contribution in [0.25, 0.3) is 0 Å². The number of aliphatic hydroxyl groups is 1. The fourth-order valence-corrected chi connectivity index (χ4v) is 7.73. The van der Waals surface area contributed by atoms with Gasteiger partial charge in [-0.3, -0.25) is 19.2 Å². The Labute approximate surface area is 289 Å². The van der Waals surface area contributed by atoms with Crippen molar-refractivity contribution in [3.05, 3.63) is 97.1 Å². The number of nitrogens with zero attached hydrogens (tertiary/aromatic N) is 2. The van der Waals surface area contributed by atoms with E-state index in [4.69, 9.17) is 9.47 Å². The topological polar surface area (TPSA) is 125 Å². The Balaban J connectivity index is 1.41. The molecule has 2 aromatic rings. The van der Waals surface area contributed by atoms with E-state index in [2.05, 4.69) is 18.5 Å². The summed E-state index contributed by atoms with van der Waals surface area (Å²) in [5, 5.41) is 12.3. The van der Waals surface area contributed by atoms with E-state index in [-0.39, 0.29) is 43.3 Å². The molecule has 10 nitrogen and oxygen atoms in total. The second-order valence-corrected chi connectivity index (χ2v) is 13.2. The molecule has 3 heterocycles. The first kappa shape index (κ1) is 36.0. The van der Waals surface area contributed by atoms with Gasteiger partial charge in [0.1, 0.15) is 18.2 Å². The predicted octanol–water partition coefficient (Wildman–Crippen LogP) is 4.50. The van der Waals surface area contributed by atoms with E-state index < -0.39 is 35.6 Å². The van der Waals surface area contributed by atoms with Crippen LogP contribution in [0, 0.1) is 11.8 Å². The molecule has 2 N–H and O–H groups in total. The Hall–Kier alpha value is -4.28. The number of nitrogens with one attached hydrogen (secondary N) is 1. The van der Waals surface area contributed by atoms with Gasteiger partial charge in [-0.2, -0.15) is 0 Å². The molecule has 3 aliphatic rings. The Morgan fingerprint density at radius 1 is 1.04 bits per heavy atom. The van der Waals surface area contributed by atoms with Gasteiger partial charge in [0.05, 0.1) is 24.0 Å². The highest BCUT2D eigenvalue weighted by Crippen LogP contribution is 2.58. The Kier molecular flexibility index (Phi) is 12.4. The number of amides is 3. The quantitative estimate of drug-likeness (QED) is 0.128. The minimum absolute atomic E-state index is 0.0647. The van der Waals surface area contributed by atoms with Gasteiger partial charge >= 0.3 is 5.97 Å². The molecule has 0 aliphatic carbocycles. The van der Waals surface area contributed by atoms with Crippen molar-refractivity contribution in [1.29, 1.82) is 0 Å². The summed E-state index contributed by atoms with van der Waals surface area (Å²) in [4.78, 5) is 59.1. The third kappa shape index (κ3) is 7.97. The number of likely N-dealkylation sites (tertiary alicyclic amines) is 1. The van der Waals surface area contributed by atoms with Crippen molar-refractivity contribution in [2.75, 3.05) is 26.3 Å². The standard InChI is InChI=1S/C39H49N3O7/c1-3-5-20-32(44)48-27-30(29-18-12-9-13-19-29)40-36(45)33-31-21-22-39(49-31)34(33)37(46)42(24-14-6-7-15-25-43)35(39)38(47)41(23-4-2)26-28-16-10-8-11-17-28/h3-4,8-13,16-19,30-31,33-35,43H,1-2,5-7,14-15,20-27H2,(H,40,45)/t30-,31-,33+,34+,35-,39+/m0/s1. The van der Waals surface area contributed by atoms with Crippen LogP contribution in [0.15, 0.2) is 86.0 Å². The molecule has 0 unspecified atom stereocenters. The van der Waals surface area contributed by atoms with Crippen LogP contribution >= 0.6 is 0 Å². The number of carbonyl (C=O) groups is 4. The number of rotatable bonds is 19. The maximum atomic E-state index is 14.6. The lowest BCUT2D eigenvalue weighted by Gasteiger charge is -2.37. The van der Waals surface area contributed by atoms with E-state index in [1.54, 1.807) is 22.0 Å². The molecule has 10 heteroatoms. The van der Waals surface area contributed by atoms with Crippen LogP contribution in [0.5, 0.6) is 0 Å². The number of hydrogen-bond donors (Lipinski definition) is 2. The number of fused-ring (bicyclic) bond motifs is 1. The molecule has 3 amide bonds. The fourth-order valence-electron chi connectivity index (χ4n) is 7.73. The van der Waals surface area contributed by atoms with Crippen molar-refractivity contribution in [3.63, 3.8) is 0 Å². The summed E-state index contributed by atoms with van der Waals surface area (Å²) in [6.45, 7) is 8.57. The third-order valence-electron chi connectivity index (χ3n) is 10.0. The Morgan fingerprint density at radius 2 is 1.76 bits per heavy atom. The smallest absolute Gasteiger partial charge is 0.306 e. The fraction of sp³-hybridized carbons (Fsp3) is 0.487. The molecule has 2 aromatic carbocycles. The Bertz CT molecular complexity index is 1470. The maximum Gasteiger partial charge on any atom is 0.306 e. The first-order chi connectivity index (χ1) is 23.8. The zero-order valence-electron chi connectivity index (χ0n) is 28.2. The van der Waals surface area contributed by atoms with Crippen LogP contribution in [0.4, 0.5) is 0 Å². The van der Waals surface area contributed by atoms with Crippen molar-refractivity contribution in [1.82, 2.24) is 15.1 Å². The summed E-state index contributed by atoms with van der Waals surface area (Å²) in [6, 6.07) is 17.5. The minimum Gasteiger partial charge on any atom is -0.463 e. The van der Waals surface area contributed by atoms with Crippen molar-refractivity contribution in [3.8, 4) is 0 Å². The molecule has 3 saturated heterocycles. The molecular formula is C39H49N3O7. The van der Waals surface area contributed by atoms with Gasteiger partial charge in [-0.25, -0.2) is 0 Å². The highest BCUT2D eigenvalue weighted by molar-refractivity contribution is 5.99. The van der Waals surface area contributed by atoms with Crippen LogP contribution in [-0.2, 0) is 35.2 Å². The van der Waals surface area contributed by atoms with Gasteiger partial charge in [0.15, 0.2) is 0 Å². The largest absolute Gasteiger partial charge is 0.463 e. The van der Waals surface area contributed by atoms with Gasteiger partial charge in [-0.1, -0.05) is 85.7 Å². The molecule has 0 radical (unpaired) electrons. The highest BCUT2D eigenvalue weighted by atomic mass is 16.5. The Morgan fingerprint density at radius 3 is 2.45 bits per heavy atom. The van der Waals surface area contributed by atoms with Gasteiger partial charge in [0.25, 0.3) is 0 Å². The van der Waals surface area contributed by atoms with E-state index in [1.807, 2.05) is 60.7 Å². The number of hydrogen-bond acceptors (Lipinski definition) is 7. The van der Waals surface area contributed by atoms with E-state index in [9.17, 15) is 24.3 Å². The van der Waals surface area contributed by atoms with Crippen LogP contribution in [0.1, 0.15) is 68.5 Å². The molecule has 3 fully saturated rings. The van der Waals surface area contributed by atoms with Gasteiger partial charge in [-0.15, -0.1) is 13.2 Å². The van der Waals surface area contributed by atoms with Crippen LogP contribution in [0.2, 0.25) is 0 Å². The van der Waals surface area contributed by atoms with Gasteiger partial charge in [0, 0.05) is 32.7 Å². The second-order valence-electron chi connectivity index (χ2n) is 13.2. The van der Waals surface area contributed by atoms with Crippen molar-refractivity contribution >= 4 is 23.7 Å². The minimum atomic E-state index is -1.14. The summed E-state index contributed by atoms with van der Waals surface area (Å²) in [5.41, 5.74) is 0.585. The normalized spacial score (nSPS) is 24.3. The zero-order chi connectivity index (χ0) is 34.8. The molecule has 0 saturated carbocycles. The van der Waals surface area contributed by atoms with Crippen molar-refractivity contribution in [2.24, 2.45) is 11.8 Å². The molecule has 0 aromatic heterocycles.